The lowest BCUT2D eigenvalue weighted by molar-refractivity contribution is -0.139. The second-order valence-electron chi connectivity index (χ2n) is 5.68. The van der Waals surface area contributed by atoms with Gasteiger partial charge in [0, 0.05) is 12.6 Å². The topological polar surface area (TPSA) is 52.7 Å². The van der Waals surface area contributed by atoms with Crippen LogP contribution in [0.3, 0.4) is 0 Å². The number of rotatable bonds is 6. The highest BCUT2D eigenvalue weighted by atomic mass is 16.2. The number of likely N-dealkylation sites (tertiary alicyclic amines) is 1. The molecule has 1 heterocycles. The smallest absolute Gasteiger partial charge is 0.243 e. The molecule has 19 heavy (non-hydrogen) atoms. The van der Waals surface area contributed by atoms with Crippen molar-refractivity contribution in [2.24, 2.45) is 0 Å². The first-order valence-corrected chi connectivity index (χ1v) is 7.20. The van der Waals surface area contributed by atoms with Crippen LogP contribution in [0.1, 0.15) is 39.5 Å². The number of nitrogens with zero attached hydrogens (tertiary/aromatic N) is 2. The first-order chi connectivity index (χ1) is 8.95. The van der Waals surface area contributed by atoms with Gasteiger partial charge in [-0.3, -0.25) is 9.59 Å². The summed E-state index contributed by atoms with van der Waals surface area (Å²) in [5.74, 6) is 0.0522. The Morgan fingerprint density at radius 1 is 1.42 bits per heavy atom. The van der Waals surface area contributed by atoms with Crippen molar-refractivity contribution >= 4 is 11.8 Å². The van der Waals surface area contributed by atoms with Crippen molar-refractivity contribution in [1.29, 1.82) is 0 Å². The van der Waals surface area contributed by atoms with Gasteiger partial charge in [0.2, 0.25) is 11.8 Å². The summed E-state index contributed by atoms with van der Waals surface area (Å²) < 4.78 is 0. The molecule has 0 radical (unpaired) electrons. The van der Waals surface area contributed by atoms with Crippen LogP contribution in [0.15, 0.2) is 0 Å². The standard InChI is InChI=1S/C14H27N3O2/c1-5-7-11(2)15-14(19)12-8-6-9-17(12)13(18)10-16(3)4/h11-12H,5-10H2,1-4H3,(H,15,19). The average molecular weight is 269 g/mol. The second-order valence-corrected chi connectivity index (χ2v) is 5.68. The molecule has 2 atom stereocenters. The Morgan fingerprint density at radius 2 is 2.11 bits per heavy atom. The van der Waals surface area contributed by atoms with Gasteiger partial charge >= 0.3 is 0 Å². The molecule has 0 aromatic carbocycles. The summed E-state index contributed by atoms with van der Waals surface area (Å²) >= 11 is 0. The first-order valence-electron chi connectivity index (χ1n) is 7.20. The van der Waals surface area contributed by atoms with Crippen LogP contribution in [0.5, 0.6) is 0 Å². The van der Waals surface area contributed by atoms with E-state index >= 15 is 0 Å². The van der Waals surface area contributed by atoms with Crippen LogP contribution in [-0.4, -0.2) is 60.9 Å². The highest BCUT2D eigenvalue weighted by Gasteiger charge is 2.34. The highest BCUT2D eigenvalue weighted by molar-refractivity contribution is 5.89. The van der Waals surface area contributed by atoms with E-state index < -0.39 is 0 Å². The van der Waals surface area contributed by atoms with Crippen molar-refractivity contribution in [2.75, 3.05) is 27.2 Å². The molecule has 0 aliphatic carbocycles. The first kappa shape index (κ1) is 16.0. The minimum atomic E-state index is -0.272. The van der Waals surface area contributed by atoms with Crippen molar-refractivity contribution < 1.29 is 9.59 Å². The Bertz CT molecular complexity index is 318. The van der Waals surface area contributed by atoms with Crippen molar-refractivity contribution in [3.8, 4) is 0 Å². The van der Waals surface area contributed by atoms with E-state index in [1.165, 1.54) is 0 Å². The van der Waals surface area contributed by atoms with Crippen molar-refractivity contribution in [3.63, 3.8) is 0 Å². The molecule has 1 aliphatic rings. The van der Waals surface area contributed by atoms with Crippen molar-refractivity contribution in [2.45, 2.75) is 51.6 Å². The number of carbonyl (C=O) groups is 2. The highest BCUT2D eigenvalue weighted by Crippen LogP contribution is 2.18. The zero-order valence-electron chi connectivity index (χ0n) is 12.6. The number of hydrogen-bond acceptors (Lipinski definition) is 3. The molecule has 0 bridgehead atoms. The molecule has 110 valence electrons. The normalized spacial score (nSPS) is 20.7. The fourth-order valence-electron chi connectivity index (χ4n) is 2.54. The SMILES string of the molecule is CCCC(C)NC(=O)C1CCCN1C(=O)CN(C)C. The quantitative estimate of drug-likeness (QED) is 0.777. The van der Waals surface area contributed by atoms with Crippen LogP contribution >= 0.6 is 0 Å². The van der Waals surface area contributed by atoms with E-state index in [-0.39, 0.29) is 23.9 Å². The molecular formula is C14H27N3O2. The van der Waals surface area contributed by atoms with E-state index in [2.05, 4.69) is 12.2 Å². The van der Waals surface area contributed by atoms with Crippen LogP contribution in [0.2, 0.25) is 0 Å². The maximum atomic E-state index is 12.2. The van der Waals surface area contributed by atoms with Gasteiger partial charge in [-0.15, -0.1) is 0 Å². The summed E-state index contributed by atoms with van der Waals surface area (Å²) in [7, 11) is 3.73. The molecule has 1 N–H and O–H groups in total. The Kier molecular flexibility index (Phi) is 6.28. The Hall–Kier alpha value is -1.10. The van der Waals surface area contributed by atoms with Crippen molar-refractivity contribution in [3.05, 3.63) is 0 Å². The lowest BCUT2D eigenvalue weighted by Gasteiger charge is -2.26. The minimum Gasteiger partial charge on any atom is -0.352 e. The number of likely N-dealkylation sites (N-methyl/N-ethyl adjacent to an activating group) is 1. The number of hydrogen-bond donors (Lipinski definition) is 1. The molecule has 5 nitrogen and oxygen atoms in total. The van der Waals surface area contributed by atoms with E-state index in [0.29, 0.717) is 13.1 Å². The van der Waals surface area contributed by atoms with Gasteiger partial charge < -0.3 is 15.1 Å². The third kappa shape index (κ3) is 4.82. The summed E-state index contributed by atoms with van der Waals surface area (Å²) in [4.78, 5) is 27.9. The second kappa shape index (κ2) is 7.48. The van der Waals surface area contributed by atoms with E-state index in [1.54, 1.807) is 4.90 Å². The third-order valence-corrected chi connectivity index (χ3v) is 3.44. The van der Waals surface area contributed by atoms with E-state index in [1.807, 2.05) is 25.9 Å². The number of amides is 2. The van der Waals surface area contributed by atoms with Crippen LogP contribution in [0, 0.1) is 0 Å². The van der Waals surface area contributed by atoms with Gasteiger partial charge in [0.05, 0.1) is 6.54 Å². The maximum Gasteiger partial charge on any atom is 0.243 e. The molecule has 2 amide bonds. The summed E-state index contributed by atoms with van der Waals surface area (Å²) in [5.41, 5.74) is 0. The van der Waals surface area contributed by atoms with Gasteiger partial charge in [-0.1, -0.05) is 13.3 Å². The summed E-state index contributed by atoms with van der Waals surface area (Å²) in [6.07, 6.45) is 3.72. The average Bonchev–Trinajstić information content (AvgIpc) is 2.76. The van der Waals surface area contributed by atoms with Gasteiger partial charge in [0.25, 0.3) is 0 Å². The van der Waals surface area contributed by atoms with Gasteiger partial charge in [0.1, 0.15) is 6.04 Å². The molecule has 0 saturated carbocycles. The van der Waals surface area contributed by atoms with Gasteiger partial charge in [-0.2, -0.15) is 0 Å². The van der Waals surface area contributed by atoms with Crippen LogP contribution in [0.25, 0.3) is 0 Å². The third-order valence-electron chi connectivity index (χ3n) is 3.44. The lowest BCUT2D eigenvalue weighted by atomic mass is 10.1. The summed E-state index contributed by atoms with van der Waals surface area (Å²) in [6.45, 7) is 5.19. The molecule has 0 spiro atoms. The number of nitrogens with one attached hydrogen (secondary N) is 1. The molecule has 5 heteroatoms. The Balaban J connectivity index is 2.55. The van der Waals surface area contributed by atoms with Crippen molar-refractivity contribution in [1.82, 2.24) is 15.1 Å². The molecule has 2 unspecified atom stereocenters. The van der Waals surface area contributed by atoms with Gasteiger partial charge in [-0.05, 0) is 40.3 Å². The molecular weight excluding hydrogens is 242 g/mol. The molecule has 1 aliphatic heterocycles. The molecule has 0 aromatic heterocycles. The lowest BCUT2D eigenvalue weighted by Crippen LogP contribution is -2.50. The van der Waals surface area contributed by atoms with Gasteiger partial charge in [-0.25, -0.2) is 0 Å². The van der Waals surface area contributed by atoms with E-state index in [9.17, 15) is 9.59 Å². The fraction of sp³-hybridized carbons (Fsp3) is 0.857. The monoisotopic (exact) mass is 269 g/mol. The van der Waals surface area contributed by atoms with Crippen LogP contribution in [0.4, 0.5) is 0 Å². The Labute approximate surface area is 116 Å². The predicted molar refractivity (Wildman–Crippen MR) is 75.8 cm³/mol. The predicted octanol–water partition coefficient (Wildman–Crippen LogP) is 0.844. The molecule has 1 rings (SSSR count). The molecule has 1 fully saturated rings. The summed E-state index contributed by atoms with van der Waals surface area (Å²) in [6, 6.07) is -0.0874. The molecule has 1 saturated heterocycles. The minimum absolute atomic E-state index is 0.00514. The zero-order valence-corrected chi connectivity index (χ0v) is 12.6. The zero-order chi connectivity index (χ0) is 14.4. The number of carbonyl (C=O) groups excluding carboxylic acids is 2. The molecule has 0 aromatic rings. The Morgan fingerprint density at radius 3 is 2.68 bits per heavy atom. The largest absolute Gasteiger partial charge is 0.352 e. The maximum absolute atomic E-state index is 12.2. The fourth-order valence-corrected chi connectivity index (χ4v) is 2.54. The van der Waals surface area contributed by atoms with E-state index in [4.69, 9.17) is 0 Å². The van der Waals surface area contributed by atoms with Crippen LogP contribution < -0.4 is 5.32 Å². The van der Waals surface area contributed by atoms with Gasteiger partial charge in [0.15, 0.2) is 0 Å². The summed E-state index contributed by atoms with van der Waals surface area (Å²) in [5, 5.41) is 3.01. The van der Waals surface area contributed by atoms with E-state index in [0.717, 1.165) is 25.7 Å². The van der Waals surface area contributed by atoms with Crippen LogP contribution in [-0.2, 0) is 9.59 Å².